The Hall–Kier alpha value is -2.81. The Balaban J connectivity index is 3.05. The second-order valence-corrected chi connectivity index (χ2v) is 8.48. The van der Waals surface area contributed by atoms with E-state index in [1.54, 1.807) is 0 Å². The van der Waals surface area contributed by atoms with Gasteiger partial charge in [0, 0.05) is 59.4 Å². The van der Waals surface area contributed by atoms with Crippen LogP contribution in [0.3, 0.4) is 0 Å². The molecule has 14 nitrogen and oxygen atoms in total. The lowest BCUT2D eigenvalue weighted by Crippen LogP contribution is -2.50. The van der Waals surface area contributed by atoms with Crippen molar-refractivity contribution in [2.75, 3.05) is 113 Å². The lowest BCUT2D eigenvalue weighted by Gasteiger charge is -2.33. The van der Waals surface area contributed by atoms with E-state index in [0.717, 1.165) is 4.90 Å². The Bertz CT molecular complexity index is 717. The molecule has 1 saturated heterocycles. The van der Waals surface area contributed by atoms with Crippen molar-refractivity contribution < 1.29 is 43.3 Å². The van der Waals surface area contributed by atoms with Gasteiger partial charge in [0.1, 0.15) is 6.54 Å². The first-order valence-electron chi connectivity index (χ1n) is 11.6. The van der Waals surface area contributed by atoms with E-state index in [1.807, 2.05) is 19.6 Å². The number of aliphatic carboxylic acids is 1. The van der Waals surface area contributed by atoms with Gasteiger partial charge >= 0.3 is 23.9 Å². The van der Waals surface area contributed by atoms with Gasteiger partial charge in [0.2, 0.25) is 5.91 Å². The van der Waals surface area contributed by atoms with Crippen LogP contribution in [0.15, 0.2) is 0 Å². The molecule has 1 aliphatic rings. The summed E-state index contributed by atoms with van der Waals surface area (Å²) >= 11 is 0. The molecule has 1 amide bonds. The standard InChI is InChI=1S/C22H39N5O9/c1-23(14-19(29)30)18(28)13-24-5-7-25(15-20(31)34-2)9-11-27(17-22(33)36-4)12-10-26(8-6-24)16-21(32)35-3/h5-17H2,1-4H3,(H,29,30). The quantitative estimate of drug-likeness (QED) is 0.236. The zero-order valence-corrected chi connectivity index (χ0v) is 21.6. The van der Waals surface area contributed by atoms with Crippen LogP contribution in [0, 0.1) is 0 Å². The summed E-state index contributed by atoms with van der Waals surface area (Å²) < 4.78 is 14.4. The molecule has 0 aromatic rings. The molecule has 0 radical (unpaired) electrons. The van der Waals surface area contributed by atoms with E-state index in [0.29, 0.717) is 52.4 Å². The maximum atomic E-state index is 12.6. The van der Waals surface area contributed by atoms with Crippen LogP contribution < -0.4 is 0 Å². The van der Waals surface area contributed by atoms with Crippen molar-refractivity contribution in [3.8, 4) is 0 Å². The maximum absolute atomic E-state index is 12.6. The first kappa shape index (κ1) is 31.2. The van der Waals surface area contributed by atoms with E-state index in [4.69, 9.17) is 19.3 Å². The number of rotatable bonds is 10. The van der Waals surface area contributed by atoms with Crippen LogP contribution in [0.5, 0.6) is 0 Å². The normalized spacial score (nSPS) is 17.3. The molecule has 0 aliphatic carbocycles. The van der Waals surface area contributed by atoms with E-state index in [2.05, 4.69) is 0 Å². The molecule has 1 fully saturated rings. The van der Waals surface area contributed by atoms with Crippen LogP contribution in [-0.2, 0) is 38.2 Å². The van der Waals surface area contributed by atoms with Gasteiger partial charge in [-0.15, -0.1) is 0 Å². The minimum Gasteiger partial charge on any atom is -0.480 e. The Kier molecular flexibility index (Phi) is 14.6. The molecule has 14 heteroatoms. The second kappa shape index (κ2) is 16.8. The first-order chi connectivity index (χ1) is 17.1. The van der Waals surface area contributed by atoms with Crippen molar-refractivity contribution in [3.05, 3.63) is 0 Å². The van der Waals surface area contributed by atoms with Gasteiger partial charge in [-0.3, -0.25) is 43.6 Å². The number of amides is 1. The smallest absolute Gasteiger partial charge is 0.323 e. The fourth-order valence-corrected chi connectivity index (χ4v) is 3.56. The summed E-state index contributed by atoms with van der Waals surface area (Å²) in [7, 11) is 5.36. The summed E-state index contributed by atoms with van der Waals surface area (Å²) in [6, 6.07) is 0. The second-order valence-electron chi connectivity index (χ2n) is 8.48. The van der Waals surface area contributed by atoms with E-state index in [-0.39, 0.29) is 32.1 Å². The molecule has 1 rings (SSSR count). The summed E-state index contributed by atoms with van der Waals surface area (Å²) in [6.45, 7) is 3.19. The van der Waals surface area contributed by atoms with E-state index in [1.165, 1.54) is 28.4 Å². The average molecular weight is 518 g/mol. The number of hydrogen-bond acceptors (Lipinski definition) is 12. The lowest BCUT2D eigenvalue weighted by atomic mass is 10.3. The molecular formula is C22H39N5O9. The van der Waals surface area contributed by atoms with Gasteiger partial charge in [-0.1, -0.05) is 0 Å². The number of hydrogen-bond donors (Lipinski definition) is 1. The van der Waals surface area contributed by atoms with Gasteiger partial charge in [-0.05, 0) is 0 Å². The average Bonchev–Trinajstić information content (AvgIpc) is 2.84. The number of carboxylic acid groups (broad SMARTS) is 1. The summed E-state index contributed by atoms with van der Waals surface area (Å²) in [5, 5.41) is 8.98. The fraction of sp³-hybridized carbons (Fsp3) is 0.773. The Morgan fingerprint density at radius 1 is 0.611 bits per heavy atom. The molecular weight excluding hydrogens is 478 g/mol. The van der Waals surface area contributed by atoms with Crippen molar-refractivity contribution in [2.24, 2.45) is 0 Å². The SMILES string of the molecule is COC(=O)CN1CCN(CC(=O)OC)CCN(CC(=O)N(C)CC(=O)O)CCN(CC(=O)OC)CC1. The lowest BCUT2D eigenvalue weighted by molar-refractivity contribution is -0.144. The van der Waals surface area contributed by atoms with E-state index < -0.39 is 30.4 Å². The molecule has 1 N–H and O–H groups in total. The van der Waals surface area contributed by atoms with Crippen molar-refractivity contribution in [1.82, 2.24) is 24.5 Å². The van der Waals surface area contributed by atoms with Crippen molar-refractivity contribution in [1.29, 1.82) is 0 Å². The number of nitrogens with zero attached hydrogens (tertiary/aromatic N) is 5. The third-order valence-electron chi connectivity index (χ3n) is 5.83. The summed E-state index contributed by atoms with van der Waals surface area (Å²) in [4.78, 5) is 68.1. The van der Waals surface area contributed by atoms with Crippen LogP contribution >= 0.6 is 0 Å². The maximum Gasteiger partial charge on any atom is 0.323 e. The molecule has 0 spiro atoms. The molecule has 0 saturated carbocycles. The van der Waals surface area contributed by atoms with Crippen LogP contribution in [0.4, 0.5) is 0 Å². The van der Waals surface area contributed by atoms with E-state index >= 15 is 0 Å². The predicted molar refractivity (Wildman–Crippen MR) is 127 cm³/mol. The highest BCUT2D eigenvalue weighted by Gasteiger charge is 2.23. The Morgan fingerprint density at radius 3 is 1.14 bits per heavy atom. The summed E-state index contributed by atoms with van der Waals surface area (Å²) in [6.07, 6.45) is 0. The number of carboxylic acids is 1. The van der Waals surface area contributed by atoms with Crippen LogP contribution in [-0.4, -0.2) is 173 Å². The molecule has 1 aliphatic heterocycles. The number of carbonyl (C=O) groups is 5. The minimum atomic E-state index is -1.11. The van der Waals surface area contributed by atoms with Gasteiger partial charge in [0.15, 0.2) is 0 Å². The fourth-order valence-electron chi connectivity index (χ4n) is 3.56. The highest BCUT2D eigenvalue weighted by molar-refractivity contribution is 5.82. The third kappa shape index (κ3) is 12.8. The number of ether oxygens (including phenoxy) is 3. The number of methoxy groups -OCH3 is 3. The molecule has 0 aromatic heterocycles. The van der Waals surface area contributed by atoms with Gasteiger partial charge in [0.05, 0.1) is 47.5 Å². The topological polar surface area (TPSA) is 149 Å². The third-order valence-corrected chi connectivity index (χ3v) is 5.83. The summed E-state index contributed by atoms with van der Waals surface area (Å²) in [5.41, 5.74) is 0. The molecule has 206 valence electrons. The molecule has 36 heavy (non-hydrogen) atoms. The number of likely N-dealkylation sites (N-methyl/N-ethyl adjacent to an activating group) is 1. The van der Waals surface area contributed by atoms with Crippen LogP contribution in [0.1, 0.15) is 0 Å². The van der Waals surface area contributed by atoms with Gasteiger partial charge in [0.25, 0.3) is 0 Å². The highest BCUT2D eigenvalue weighted by Crippen LogP contribution is 2.03. The van der Waals surface area contributed by atoms with Crippen molar-refractivity contribution in [2.45, 2.75) is 0 Å². The summed E-state index contributed by atoms with van der Waals surface area (Å²) in [5.74, 6) is -2.67. The Morgan fingerprint density at radius 2 is 0.889 bits per heavy atom. The molecule has 0 bridgehead atoms. The van der Waals surface area contributed by atoms with Crippen molar-refractivity contribution in [3.63, 3.8) is 0 Å². The monoisotopic (exact) mass is 517 g/mol. The predicted octanol–water partition coefficient (Wildman–Crippen LogP) is -2.73. The number of esters is 3. The molecule has 1 heterocycles. The highest BCUT2D eigenvalue weighted by atomic mass is 16.5. The minimum absolute atomic E-state index is 0.0175. The zero-order valence-electron chi connectivity index (χ0n) is 21.6. The van der Waals surface area contributed by atoms with Crippen LogP contribution in [0.2, 0.25) is 0 Å². The van der Waals surface area contributed by atoms with Crippen LogP contribution in [0.25, 0.3) is 0 Å². The molecule has 0 aromatic carbocycles. The van der Waals surface area contributed by atoms with Gasteiger partial charge in [-0.25, -0.2) is 0 Å². The first-order valence-corrected chi connectivity index (χ1v) is 11.6. The van der Waals surface area contributed by atoms with Gasteiger partial charge in [-0.2, -0.15) is 0 Å². The largest absolute Gasteiger partial charge is 0.480 e. The number of carbonyl (C=O) groups excluding carboxylic acids is 4. The van der Waals surface area contributed by atoms with Crippen molar-refractivity contribution >= 4 is 29.8 Å². The molecule has 0 atom stereocenters. The van der Waals surface area contributed by atoms with E-state index in [9.17, 15) is 24.0 Å². The van der Waals surface area contributed by atoms with Gasteiger partial charge < -0.3 is 24.2 Å². The zero-order chi connectivity index (χ0) is 27.1. The molecule has 0 unspecified atom stereocenters. The Labute approximate surface area is 211 Å².